The molecule has 2 aliphatic rings. The van der Waals surface area contributed by atoms with Crippen LogP contribution in [-0.2, 0) is 9.53 Å². The van der Waals surface area contributed by atoms with Gasteiger partial charge in [0, 0.05) is 10.4 Å². The minimum absolute atomic E-state index is 0.328. The van der Waals surface area contributed by atoms with Crippen LogP contribution in [0.2, 0.25) is 0 Å². The molecular formula is C15H14BrNO2. The zero-order valence-electron chi connectivity index (χ0n) is 10.4. The molecule has 4 heteroatoms. The Balaban J connectivity index is 1.88. The van der Waals surface area contributed by atoms with E-state index in [4.69, 9.17) is 4.74 Å². The van der Waals surface area contributed by atoms with Crippen molar-refractivity contribution < 1.29 is 9.53 Å². The second-order valence-electron chi connectivity index (χ2n) is 4.87. The van der Waals surface area contributed by atoms with Gasteiger partial charge < -0.3 is 4.74 Å². The van der Waals surface area contributed by atoms with E-state index in [0.29, 0.717) is 17.5 Å². The van der Waals surface area contributed by atoms with Gasteiger partial charge in [-0.25, -0.2) is 9.79 Å². The van der Waals surface area contributed by atoms with Crippen molar-refractivity contribution in [3.8, 4) is 0 Å². The lowest BCUT2D eigenvalue weighted by Gasteiger charge is -2.05. The first-order chi connectivity index (χ1) is 9.24. The van der Waals surface area contributed by atoms with E-state index in [9.17, 15) is 4.79 Å². The summed E-state index contributed by atoms with van der Waals surface area (Å²) < 4.78 is 6.24. The topological polar surface area (TPSA) is 38.7 Å². The lowest BCUT2D eigenvalue weighted by Crippen LogP contribution is -2.12. The molecule has 0 aromatic heterocycles. The molecule has 0 radical (unpaired) electrons. The van der Waals surface area contributed by atoms with Gasteiger partial charge in [-0.05, 0) is 30.5 Å². The van der Waals surface area contributed by atoms with E-state index in [2.05, 4.69) is 20.9 Å². The summed E-state index contributed by atoms with van der Waals surface area (Å²) in [4.78, 5) is 16.2. The van der Waals surface area contributed by atoms with Crippen molar-refractivity contribution in [2.24, 2.45) is 10.9 Å². The molecule has 0 spiro atoms. The van der Waals surface area contributed by atoms with E-state index in [1.54, 1.807) is 6.08 Å². The molecule has 1 saturated carbocycles. The van der Waals surface area contributed by atoms with E-state index in [-0.39, 0.29) is 5.97 Å². The number of ether oxygens (including phenoxy) is 1. The number of carbonyl (C=O) groups is 1. The van der Waals surface area contributed by atoms with Crippen LogP contribution in [0.5, 0.6) is 0 Å². The molecule has 1 aromatic rings. The number of esters is 1. The molecule has 0 atom stereocenters. The van der Waals surface area contributed by atoms with Crippen LogP contribution < -0.4 is 0 Å². The summed E-state index contributed by atoms with van der Waals surface area (Å²) in [7, 11) is 0. The third-order valence-corrected chi connectivity index (χ3v) is 4.26. The molecule has 1 heterocycles. The Morgan fingerprint density at radius 2 is 2.00 bits per heavy atom. The van der Waals surface area contributed by atoms with Gasteiger partial charge >= 0.3 is 5.97 Å². The van der Waals surface area contributed by atoms with Crippen molar-refractivity contribution in [3.63, 3.8) is 0 Å². The lowest BCUT2D eigenvalue weighted by molar-refractivity contribution is -0.130. The van der Waals surface area contributed by atoms with Gasteiger partial charge in [-0.2, -0.15) is 0 Å². The average Bonchev–Trinajstić information content (AvgIpc) is 3.02. The van der Waals surface area contributed by atoms with Crippen LogP contribution in [-0.4, -0.2) is 11.9 Å². The number of rotatable bonds is 2. The quantitative estimate of drug-likeness (QED) is 0.612. The summed E-state index contributed by atoms with van der Waals surface area (Å²) in [5, 5.41) is 0. The summed E-state index contributed by atoms with van der Waals surface area (Å²) in [6.07, 6.45) is 6.33. The van der Waals surface area contributed by atoms with Gasteiger partial charge in [0.25, 0.3) is 0 Å². The smallest absolute Gasteiger partial charge is 0.363 e. The van der Waals surface area contributed by atoms with Crippen LogP contribution in [0.3, 0.4) is 0 Å². The van der Waals surface area contributed by atoms with Gasteiger partial charge in [-0.15, -0.1) is 0 Å². The number of hydrogen-bond acceptors (Lipinski definition) is 3. The lowest BCUT2D eigenvalue weighted by atomic mass is 10.1. The van der Waals surface area contributed by atoms with Gasteiger partial charge in [-0.1, -0.05) is 47.0 Å². The summed E-state index contributed by atoms with van der Waals surface area (Å²) in [5.41, 5.74) is 1.33. The molecule has 3 rings (SSSR count). The van der Waals surface area contributed by atoms with E-state index < -0.39 is 0 Å². The highest BCUT2D eigenvalue weighted by Crippen LogP contribution is 2.30. The van der Waals surface area contributed by atoms with Gasteiger partial charge in [0.1, 0.15) is 0 Å². The molecule has 0 saturated heterocycles. The van der Waals surface area contributed by atoms with Crippen molar-refractivity contribution in [3.05, 3.63) is 40.0 Å². The molecule has 98 valence electrons. The fourth-order valence-electron chi connectivity index (χ4n) is 2.51. The summed E-state index contributed by atoms with van der Waals surface area (Å²) in [6.45, 7) is 0. The maximum absolute atomic E-state index is 11.8. The Labute approximate surface area is 120 Å². The molecular weight excluding hydrogens is 306 g/mol. The third kappa shape index (κ3) is 2.63. The van der Waals surface area contributed by atoms with Gasteiger partial charge in [0.15, 0.2) is 5.70 Å². The SMILES string of the molecule is O=C1OC(C2CCCC2)=N/C1=C\c1ccccc1Br. The van der Waals surface area contributed by atoms with Crippen molar-refractivity contribution in [1.29, 1.82) is 0 Å². The maximum atomic E-state index is 11.8. The molecule has 0 amide bonds. The highest BCUT2D eigenvalue weighted by atomic mass is 79.9. The summed E-state index contributed by atoms with van der Waals surface area (Å²) in [5.74, 6) is 0.604. The van der Waals surface area contributed by atoms with Crippen molar-refractivity contribution in [1.82, 2.24) is 0 Å². The third-order valence-electron chi connectivity index (χ3n) is 3.54. The molecule has 1 aliphatic heterocycles. The Morgan fingerprint density at radius 3 is 2.74 bits per heavy atom. The molecule has 1 fully saturated rings. The molecule has 0 unspecified atom stereocenters. The Kier molecular flexibility index (Phi) is 3.51. The number of hydrogen-bond donors (Lipinski definition) is 0. The highest BCUT2D eigenvalue weighted by Gasteiger charge is 2.30. The molecule has 0 N–H and O–H groups in total. The predicted molar refractivity (Wildman–Crippen MR) is 77.6 cm³/mol. The number of carbonyl (C=O) groups excluding carboxylic acids is 1. The van der Waals surface area contributed by atoms with Crippen molar-refractivity contribution in [2.75, 3.05) is 0 Å². The Bertz CT molecular complexity index is 571. The molecule has 1 aromatic carbocycles. The van der Waals surface area contributed by atoms with Gasteiger partial charge in [-0.3, -0.25) is 0 Å². The van der Waals surface area contributed by atoms with Crippen LogP contribution in [0.25, 0.3) is 6.08 Å². The molecule has 1 aliphatic carbocycles. The highest BCUT2D eigenvalue weighted by molar-refractivity contribution is 9.10. The number of aliphatic imine (C=N–C) groups is 1. The normalized spacial score (nSPS) is 21.8. The molecule has 19 heavy (non-hydrogen) atoms. The fourth-order valence-corrected chi connectivity index (χ4v) is 2.91. The van der Waals surface area contributed by atoms with Crippen molar-refractivity contribution in [2.45, 2.75) is 25.7 Å². The first-order valence-corrected chi connectivity index (χ1v) is 7.30. The van der Waals surface area contributed by atoms with Gasteiger partial charge in [0.05, 0.1) is 0 Å². The summed E-state index contributed by atoms with van der Waals surface area (Å²) >= 11 is 3.46. The van der Waals surface area contributed by atoms with Crippen LogP contribution in [0.15, 0.2) is 39.4 Å². The van der Waals surface area contributed by atoms with E-state index >= 15 is 0 Å². The van der Waals surface area contributed by atoms with E-state index in [0.717, 1.165) is 22.9 Å². The average molecular weight is 320 g/mol. The second kappa shape index (κ2) is 5.29. The second-order valence-corrected chi connectivity index (χ2v) is 5.73. The zero-order valence-corrected chi connectivity index (χ0v) is 12.0. The largest absolute Gasteiger partial charge is 0.406 e. The monoisotopic (exact) mass is 319 g/mol. The Morgan fingerprint density at radius 1 is 1.26 bits per heavy atom. The minimum Gasteiger partial charge on any atom is -0.406 e. The molecule has 3 nitrogen and oxygen atoms in total. The van der Waals surface area contributed by atoms with Gasteiger partial charge in [0.2, 0.25) is 5.90 Å². The first kappa shape index (κ1) is 12.6. The summed E-state index contributed by atoms with van der Waals surface area (Å²) in [6, 6.07) is 7.74. The minimum atomic E-state index is -0.336. The van der Waals surface area contributed by atoms with Crippen LogP contribution in [0.1, 0.15) is 31.2 Å². The maximum Gasteiger partial charge on any atom is 0.363 e. The Hall–Kier alpha value is -1.42. The number of halogens is 1. The van der Waals surface area contributed by atoms with E-state index in [1.165, 1.54) is 12.8 Å². The standard InChI is InChI=1S/C15H14BrNO2/c16-12-8-4-3-7-11(12)9-13-15(18)19-14(17-13)10-5-1-2-6-10/h3-4,7-10H,1-2,5-6H2/b13-9-. The zero-order chi connectivity index (χ0) is 13.2. The number of benzene rings is 1. The van der Waals surface area contributed by atoms with Crippen LogP contribution in [0, 0.1) is 5.92 Å². The van der Waals surface area contributed by atoms with Crippen LogP contribution in [0.4, 0.5) is 0 Å². The van der Waals surface area contributed by atoms with Crippen LogP contribution >= 0.6 is 15.9 Å². The fraction of sp³-hybridized carbons (Fsp3) is 0.333. The van der Waals surface area contributed by atoms with Crippen molar-refractivity contribution >= 4 is 33.9 Å². The predicted octanol–water partition coefficient (Wildman–Crippen LogP) is 3.94. The molecule has 0 bridgehead atoms. The van der Waals surface area contributed by atoms with E-state index in [1.807, 2.05) is 24.3 Å². The number of nitrogens with zero attached hydrogens (tertiary/aromatic N) is 1. The first-order valence-electron chi connectivity index (χ1n) is 6.51. The number of cyclic esters (lactones) is 1.